The molecule has 3 rings (SSSR count). The average molecular weight is 356 g/mol. The molecule has 0 saturated carbocycles. The molecule has 1 heterocycles. The number of nitrogens with zero attached hydrogens (tertiary/aromatic N) is 1. The van der Waals surface area contributed by atoms with Crippen LogP contribution in [-0.4, -0.2) is 19.4 Å². The Morgan fingerprint density at radius 2 is 1.64 bits per heavy atom. The van der Waals surface area contributed by atoms with Crippen LogP contribution in [-0.2, 0) is 21.6 Å². The SMILES string of the molecule is CC[C@@H]1C[C@](O[Si](C)(C)C)(c2ccccc2)ON1Cc1ccccc1. The molecule has 1 aliphatic rings. The molecule has 2 aromatic rings. The normalized spacial score (nSPS) is 24.6. The van der Waals surface area contributed by atoms with Crippen LogP contribution >= 0.6 is 0 Å². The molecule has 0 amide bonds. The molecule has 0 aliphatic carbocycles. The maximum Gasteiger partial charge on any atom is 0.206 e. The topological polar surface area (TPSA) is 21.7 Å². The van der Waals surface area contributed by atoms with E-state index in [0.29, 0.717) is 6.04 Å². The van der Waals surface area contributed by atoms with E-state index in [4.69, 9.17) is 9.26 Å². The van der Waals surface area contributed by atoms with Crippen molar-refractivity contribution < 1.29 is 9.26 Å². The van der Waals surface area contributed by atoms with Crippen LogP contribution in [0.15, 0.2) is 60.7 Å². The number of benzene rings is 2. The lowest BCUT2D eigenvalue weighted by Gasteiger charge is -2.35. The molecule has 2 atom stereocenters. The second-order valence-electron chi connectivity index (χ2n) is 7.75. The van der Waals surface area contributed by atoms with Gasteiger partial charge in [0.25, 0.3) is 0 Å². The summed E-state index contributed by atoms with van der Waals surface area (Å²) in [5, 5.41) is 2.13. The van der Waals surface area contributed by atoms with Crippen molar-refractivity contribution in [2.75, 3.05) is 0 Å². The van der Waals surface area contributed by atoms with Crippen LogP contribution < -0.4 is 0 Å². The summed E-state index contributed by atoms with van der Waals surface area (Å²) < 4.78 is 6.65. The van der Waals surface area contributed by atoms with Crippen LogP contribution in [0.1, 0.15) is 30.9 Å². The summed E-state index contributed by atoms with van der Waals surface area (Å²) in [4.78, 5) is 6.56. The van der Waals surface area contributed by atoms with Gasteiger partial charge in [-0.05, 0) is 31.6 Å². The Kier molecular flexibility index (Phi) is 5.44. The average Bonchev–Trinajstić information content (AvgIpc) is 2.93. The van der Waals surface area contributed by atoms with Gasteiger partial charge in [-0.3, -0.25) is 4.84 Å². The fourth-order valence-electron chi connectivity index (χ4n) is 3.46. The molecular formula is C21H29NO2Si. The fraction of sp³-hybridized carbons (Fsp3) is 0.429. The van der Waals surface area contributed by atoms with E-state index >= 15 is 0 Å². The third kappa shape index (κ3) is 4.39. The minimum absolute atomic E-state index is 0.344. The van der Waals surface area contributed by atoms with E-state index in [0.717, 1.165) is 24.9 Å². The van der Waals surface area contributed by atoms with E-state index in [1.807, 2.05) is 12.1 Å². The van der Waals surface area contributed by atoms with E-state index in [-0.39, 0.29) is 0 Å². The van der Waals surface area contributed by atoms with Crippen molar-refractivity contribution in [1.82, 2.24) is 5.06 Å². The molecule has 1 fully saturated rings. The molecule has 134 valence electrons. The van der Waals surface area contributed by atoms with E-state index in [2.05, 4.69) is 80.2 Å². The van der Waals surface area contributed by atoms with Crippen molar-refractivity contribution in [3.63, 3.8) is 0 Å². The number of hydrogen-bond donors (Lipinski definition) is 0. The molecule has 1 aliphatic heterocycles. The smallest absolute Gasteiger partial charge is 0.206 e. The minimum Gasteiger partial charge on any atom is -0.386 e. The highest BCUT2D eigenvalue weighted by Gasteiger charge is 2.49. The fourth-order valence-corrected chi connectivity index (χ4v) is 4.69. The molecule has 0 spiro atoms. The lowest BCUT2D eigenvalue weighted by Crippen LogP contribution is -2.41. The van der Waals surface area contributed by atoms with Gasteiger partial charge in [0.1, 0.15) is 0 Å². The second kappa shape index (κ2) is 7.42. The van der Waals surface area contributed by atoms with E-state index < -0.39 is 14.1 Å². The van der Waals surface area contributed by atoms with Gasteiger partial charge in [-0.1, -0.05) is 67.6 Å². The molecule has 1 saturated heterocycles. The zero-order valence-corrected chi connectivity index (χ0v) is 16.7. The molecule has 0 N–H and O–H groups in total. The summed E-state index contributed by atoms with van der Waals surface area (Å²) in [6, 6.07) is 21.3. The maximum absolute atomic E-state index is 6.65. The molecule has 25 heavy (non-hydrogen) atoms. The third-order valence-electron chi connectivity index (χ3n) is 4.51. The summed E-state index contributed by atoms with van der Waals surface area (Å²) in [6.45, 7) is 9.68. The highest BCUT2D eigenvalue weighted by molar-refractivity contribution is 6.69. The molecule has 0 unspecified atom stereocenters. The lowest BCUT2D eigenvalue weighted by molar-refractivity contribution is -0.289. The molecular weight excluding hydrogens is 326 g/mol. The van der Waals surface area contributed by atoms with Gasteiger partial charge in [0.15, 0.2) is 8.32 Å². The summed E-state index contributed by atoms with van der Waals surface area (Å²) in [5.74, 6) is -0.665. The number of hydrogen-bond acceptors (Lipinski definition) is 3. The molecule has 0 aromatic heterocycles. The quantitative estimate of drug-likeness (QED) is 0.656. The Balaban J connectivity index is 1.91. The van der Waals surface area contributed by atoms with Crippen molar-refractivity contribution >= 4 is 8.32 Å². The van der Waals surface area contributed by atoms with Crippen molar-refractivity contribution in [3.8, 4) is 0 Å². The summed E-state index contributed by atoms with van der Waals surface area (Å²) >= 11 is 0. The van der Waals surface area contributed by atoms with Crippen molar-refractivity contribution in [2.24, 2.45) is 0 Å². The monoisotopic (exact) mass is 355 g/mol. The van der Waals surface area contributed by atoms with Gasteiger partial charge in [0.2, 0.25) is 5.79 Å². The first-order valence-corrected chi connectivity index (χ1v) is 12.6. The third-order valence-corrected chi connectivity index (χ3v) is 5.46. The molecule has 2 aromatic carbocycles. The predicted molar refractivity (Wildman–Crippen MR) is 104 cm³/mol. The first kappa shape index (κ1) is 18.3. The van der Waals surface area contributed by atoms with Crippen LogP contribution in [0.3, 0.4) is 0 Å². The Labute approximate surface area is 152 Å². The number of rotatable bonds is 6. The van der Waals surface area contributed by atoms with E-state index in [9.17, 15) is 0 Å². The summed E-state index contributed by atoms with van der Waals surface area (Å²) in [6.07, 6.45) is 1.90. The van der Waals surface area contributed by atoms with E-state index in [1.54, 1.807) is 0 Å². The summed E-state index contributed by atoms with van der Waals surface area (Å²) in [5.41, 5.74) is 2.38. The molecule has 0 bridgehead atoms. The first-order chi connectivity index (χ1) is 11.9. The largest absolute Gasteiger partial charge is 0.386 e. The standard InChI is InChI=1S/C21H29NO2Si/c1-5-20-16-21(24-25(2,3)4,19-14-10-7-11-15-19)23-22(20)17-18-12-8-6-9-13-18/h6-15,20H,5,16-17H2,1-4H3/t20-,21+/m1/s1. The van der Waals surface area contributed by atoms with Crippen LogP contribution in [0.4, 0.5) is 0 Å². The van der Waals surface area contributed by atoms with Gasteiger partial charge < -0.3 is 4.43 Å². The highest BCUT2D eigenvalue weighted by Crippen LogP contribution is 2.44. The minimum atomic E-state index is -1.79. The molecule has 0 radical (unpaired) electrons. The molecule has 4 heteroatoms. The molecule has 3 nitrogen and oxygen atoms in total. The van der Waals surface area contributed by atoms with Gasteiger partial charge >= 0.3 is 0 Å². The summed E-state index contributed by atoms with van der Waals surface area (Å²) in [7, 11) is -1.79. The van der Waals surface area contributed by atoms with Gasteiger partial charge in [-0.25, -0.2) is 0 Å². The van der Waals surface area contributed by atoms with Gasteiger partial charge in [0, 0.05) is 24.6 Å². The van der Waals surface area contributed by atoms with Crippen molar-refractivity contribution in [3.05, 3.63) is 71.8 Å². The van der Waals surface area contributed by atoms with Crippen molar-refractivity contribution in [2.45, 2.75) is 57.8 Å². The van der Waals surface area contributed by atoms with Gasteiger partial charge in [-0.2, -0.15) is 5.06 Å². The lowest BCUT2D eigenvalue weighted by atomic mass is 9.98. The van der Waals surface area contributed by atoms with Crippen LogP contribution in [0.5, 0.6) is 0 Å². The van der Waals surface area contributed by atoms with Gasteiger partial charge in [-0.15, -0.1) is 0 Å². The first-order valence-electron chi connectivity index (χ1n) is 9.17. The Morgan fingerprint density at radius 3 is 2.20 bits per heavy atom. The zero-order chi connectivity index (χ0) is 17.9. The van der Waals surface area contributed by atoms with Crippen LogP contribution in [0.2, 0.25) is 19.6 Å². The number of hydroxylamine groups is 2. The second-order valence-corrected chi connectivity index (χ2v) is 12.2. The zero-order valence-electron chi connectivity index (χ0n) is 15.7. The van der Waals surface area contributed by atoms with Gasteiger partial charge in [0.05, 0.1) is 0 Å². The maximum atomic E-state index is 6.65. The van der Waals surface area contributed by atoms with Crippen molar-refractivity contribution in [1.29, 1.82) is 0 Å². The van der Waals surface area contributed by atoms with E-state index in [1.165, 1.54) is 5.56 Å². The predicted octanol–water partition coefficient (Wildman–Crippen LogP) is 5.31. The Morgan fingerprint density at radius 1 is 1.04 bits per heavy atom. The van der Waals surface area contributed by atoms with Crippen LogP contribution in [0, 0.1) is 0 Å². The van der Waals surface area contributed by atoms with Crippen LogP contribution in [0.25, 0.3) is 0 Å². The highest BCUT2D eigenvalue weighted by atomic mass is 28.4. The Bertz CT molecular complexity index is 671. The Hall–Kier alpha value is -1.46.